The molecular formula is C14H12ClNOS. The van der Waals surface area contributed by atoms with Gasteiger partial charge in [0.2, 0.25) is 5.91 Å². The molecule has 0 fully saturated rings. The normalized spacial score (nSPS) is 10.8. The number of nitrogens with one attached hydrogen (secondary N) is 1. The smallest absolute Gasteiger partial charge is 0.248 e. The molecule has 1 amide bonds. The van der Waals surface area contributed by atoms with Gasteiger partial charge in [0.1, 0.15) is 0 Å². The summed E-state index contributed by atoms with van der Waals surface area (Å²) >= 11 is 7.42. The van der Waals surface area contributed by atoms with Crippen LogP contribution in [0.1, 0.15) is 9.75 Å². The summed E-state index contributed by atoms with van der Waals surface area (Å²) in [6.07, 6.45) is 3.34. The number of carbonyl (C=O) groups excluding carboxylic acids is 1. The molecule has 0 saturated carbocycles. The number of hydrogen-bond donors (Lipinski definition) is 1. The molecule has 1 heterocycles. The highest BCUT2D eigenvalue weighted by Crippen LogP contribution is 2.17. The van der Waals surface area contributed by atoms with Crippen molar-refractivity contribution in [3.63, 3.8) is 0 Å². The molecule has 0 aliphatic rings. The average molecular weight is 278 g/mol. The summed E-state index contributed by atoms with van der Waals surface area (Å²) in [5.41, 5.74) is 0.733. The van der Waals surface area contributed by atoms with Crippen molar-refractivity contribution >= 4 is 40.6 Å². The van der Waals surface area contributed by atoms with E-state index < -0.39 is 0 Å². The van der Waals surface area contributed by atoms with Crippen LogP contribution >= 0.6 is 22.9 Å². The van der Waals surface area contributed by atoms with Crippen molar-refractivity contribution in [3.05, 3.63) is 57.3 Å². The van der Waals surface area contributed by atoms with E-state index in [1.54, 1.807) is 35.6 Å². The highest BCUT2D eigenvalue weighted by Gasteiger charge is 1.98. The molecule has 0 atom stereocenters. The monoisotopic (exact) mass is 277 g/mol. The van der Waals surface area contributed by atoms with E-state index in [9.17, 15) is 4.79 Å². The van der Waals surface area contributed by atoms with E-state index in [4.69, 9.17) is 11.6 Å². The van der Waals surface area contributed by atoms with Gasteiger partial charge in [-0.25, -0.2) is 0 Å². The Morgan fingerprint density at radius 1 is 1.22 bits per heavy atom. The first-order chi connectivity index (χ1) is 8.63. The average Bonchev–Trinajstić information content (AvgIpc) is 2.76. The molecule has 0 unspecified atom stereocenters. The van der Waals surface area contributed by atoms with Gasteiger partial charge in [0.25, 0.3) is 0 Å². The van der Waals surface area contributed by atoms with E-state index in [0.717, 1.165) is 10.6 Å². The molecule has 1 aromatic carbocycles. The Labute approximate surface area is 115 Å². The fourth-order valence-electron chi connectivity index (χ4n) is 1.42. The van der Waals surface area contributed by atoms with Gasteiger partial charge in [-0.05, 0) is 49.4 Å². The number of benzene rings is 1. The van der Waals surface area contributed by atoms with Crippen molar-refractivity contribution in [2.45, 2.75) is 6.92 Å². The molecule has 92 valence electrons. The van der Waals surface area contributed by atoms with Crippen LogP contribution in [0.25, 0.3) is 6.08 Å². The highest BCUT2D eigenvalue weighted by molar-refractivity contribution is 7.12. The SMILES string of the molecule is Cc1ccc(/C=C/C(=O)Nc2ccc(Cl)cc2)s1. The molecule has 4 heteroatoms. The van der Waals surface area contributed by atoms with E-state index in [1.165, 1.54) is 11.0 Å². The summed E-state index contributed by atoms with van der Waals surface area (Å²) in [5.74, 6) is -0.150. The lowest BCUT2D eigenvalue weighted by molar-refractivity contribution is -0.111. The summed E-state index contributed by atoms with van der Waals surface area (Å²) in [5, 5.41) is 3.42. The van der Waals surface area contributed by atoms with Gasteiger partial charge in [0.05, 0.1) is 0 Å². The van der Waals surface area contributed by atoms with Crippen LogP contribution in [-0.4, -0.2) is 5.91 Å². The van der Waals surface area contributed by atoms with E-state index in [2.05, 4.69) is 5.32 Å². The summed E-state index contributed by atoms with van der Waals surface area (Å²) in [4.78, 5) is 13.9. The molecule has 0 aliphatic carbocycles. The second-order valence-electron chi connectivity index (χ2n) is 3.78. The van der Waals surface area contributed by atoms with Gasteiger partial charge in [-0.15, -0.1) is 11.3 Å². The number of rotatable bonds is 3. The zero-order valence-corrected chi connectivity index (χ0v) is 11.4. The summed E-state index contributed by atoms with van der Waals surface area (Å²) in [7, 11) is 0. The Hall–Kier alpha value is -1.58. The zero-order valence-electron chi connectivity index (χ0n) is 9.81. The van der Waals surface area contributed by atoms with Crippen LogP contribution in [0.5, 0.6) is 0 Å². The van der Waals surface area contributed by atoms with Crippen LogP contribution in [0, 0.1) is 6.92 Å². The van der Waals surface area contributed by atoms with Gasteiger partial charge < -0.3 is 5.32 Å². The molecule has 0 bridgehead atoms. The maximum absolute atomic E-state index is 11.7. The lowest BCUT2D eigenvalue weighted by Crippen LogP contribution is -2.07. The number of hydrogen-bond acceptors (Lipinski definition) is 2. The van der Waals surface area contributed by atoms with Gasteiger partial charge in [-0.3, -0.25) is 4.79 Å². The minimum Gasteiger partial charge on any atom is -0.323 e. The Morgan fingerprint density at radius 2 is 1.94 bits per heavy atom. The largest absolute Gasteiger partial charge is 0.323 e. The molecule has 0 aliphatic heterocycles. The quantitative estimate of drug-likeness (QED) is 0.830. The van der Waals surface area contributed by atoms with Crippen molar-refractivity contribution < 1.29 is 4.79 Å². The molecule has 1 aromatic heterocycles. The third kappa shape index (κ3) is 3.72. The molecule has 0 spiro atoms. The van der Waals surface area contributed by atoms with Crippen molar-refractivity contribution in [3.8, 4) is 0 Å². The molecule has 18 heavy (non-hydrogen) atoms. The molecule has 0 radical (unpaired) electrons. The van der Waals surface area contributed by atoms with Crippen LogP contribution in [0.4, 0.5) is 5.69 Å². The van der Waals surface area contributed by atoms with Crippen molar-refractivity contribution in [2.24, 2.45) is 0 Å². The van der Waals surface area contributed by atoms with Crippen LogP contribution in [0.15, 0.2) is 42.5 Å². The van der Waals surface area contributed by atoms with Gasteiger partial charge in [-0.2, -0.15) is 0 Å². The topological polar surface area (TPSA) is 29.1 Å². The first-order valence-electron chi connectivity index (χ1n) is 5.44. The standard InChI is InChI=1S/C14H12ClNOS/c1-10-2-7-13(18-10)8-9-14(17)16-12-5-3-11(15)4-6-12/h2-9H,1H3,(H,16,17)/b9-8+. The third-order valence-corrected chi connectivity index (χ3v) is 3.49. The zero-order chi connectivity index (χ0) is 13.0. The van der Waals surface area contributed by atoms with Crippen LogP contribution in [0.2, 0.25) is 5.02 Å². The predicted molar refractivity (Wildman–Crippen MR) is 78.2 cm³/mol. The molecule has 2 rings (SSSR count). The van der Waals surface area contributed by atoms with Gasteiger partial charge in [-0.1, -0.05) is 11.6 Å². The van der Waals surface area contributed by atoms with E-state index in [-0.39, 0.29) is 5.91 Å². The van der Waals surface area contributed by atoms with E-state index >= 15 is 0 Å². The first-order valence-corrected chi connectivity index (χ1v) is 6.64. The molecule has 1 N–H and O–H groups in total. The van der Waals surface area contributed by atoms with Crippen molar-refractivity contribution in [2.75, 3.05) is 5.32 Å². The lowest BCUT2D eigenvalue weighted by atomic mass is 10.3. The predicted octanol–water partition coefficient (Wildman–Crippen LogP) is 4.36. The summed E-state index contributed by atoms with van der Waals surface area (Å²) in [6.45, 7) is 2.04. The number of aryl methyl sites for hydroxylation is 1. The third-order valence-electron chi connectivity index (χ3n) is 2.27. The second kappa shape index (κ2) is 5.85. The van der Waals surface area contributed by atoms with Crippen LogP contribution in [-0.2, 0) is 4.79 Å². The Bertz CT molecular complexity index is 572. The highest BCUT2D eigenvalue weighted by atomic mass is 35.5. The number of halogens is 1. The summed E-state index contributed by atoms with van der Waals surface area (Å²) in [6, 6.07) is 11.0. The molecule has 0 saturated heterocycles. The maximum atomic E-state index is 11.7. The minimum atomic E-state index is -0.150. The van der Waals surface area contributed by atoms with Gasteiger partial charge in [0, 0.05) is 26.5 Å². The summed E-state index contributed by atoms with van der Waals surface area (Å²) < 4.78 is 0. The second-order valence-corrected chi connectivity index (χ2v) is 5.53. The van der Waals surface area contributed by atoms with Crippen LogP contribution < -0.4 is 5.32 Å². The number of amides is 1. The van der Waals surface area contributed by atoms with Crippen molar-refractivity contribution in [1.29, 1.82) is 0 Å². The first kappa shape index (κ1) is 12.9. The Balaban J connectivity index is 1.96. The Kier molecular flexibility index (Phi) is 4.18. The van der Waals surface area contributed by atoms with E-state index in [0.29, 0.717) is 5.02 Å². The maximum Gasteiger partial charge on any atom is 0.248 e. The fraction of sp³-hybridized carbons (Fsp3) is 0.0714. The van der Waals surface area contributed by atoms with Crippen LogP contribution in [0.3, 0.4) is 0 Å². The number of thiophene rings is 1. The van der Waals surface area contributed by atoms with Gasteiger partial charge >= 0.3 is 0 Å². The van der Waals surface area contributed by atoms with E-state index in [1.807, 2.05) is 25.1 Å². The number of anilines is 1. The lowest BCUT2D eigenvalue weighted by Gasteiger charge is -2.01. The number of carbonyl (C=O) groups is 1. The minimum absolute atomic E-state index is 0.150. The molecular weight excluding hydrogens is 266 g/mol. The Morgan fingerprint density at radius 3 is 2.56 bits per heavy atom. The fourth-order valence-corrected chi connectivity index (χ4v) is 2.32. The molecule has 2 nitrogen and oxygen atoms in total. The van der Waals surface area contributed by atoms with Crippen molar-refractivity contribution in [1.82, 2.24) is 0 Å². The van der Waals surface area contributed by atoms with Gasteiger partial charge in [0.15, 0.2) is 0 Å². The molecule has 2 aromatic rings.